The lowest BCUT2D eigenvalue weighted by molar-refractivity contribution is 0.607. The Balaban J connectivity index is 1.37. The SMILES string of the molecule is CN=C(NCc1nnc2ccccn12)NC1CC1c1ccccc1F. The Hall–Kier alpha value is -2.96. The second-order valence-electron chi connectivity index (χ2n) is 6.09. The number of aromatic nitrogens is 3. The molecule has 2 heterocycles. The van der Waals surface area contributed by atoms with E-state index < -0.39 is 0 Å². The Kier molecular flexibility index (Phi) is 4.05. The number of nitrogens with zero attached hydrogens (tertiary/aromatic N) is 4. The Morgan fingerprint density at radius 2 is 2.08 bits per heavy atom. The van der Waals surface area contributed by atoms with Crippen LogP contribution >= 0.6 is 0 Å². The van der Waals surface area contributed by atoms with Crippen LogP contribution in [0.1, 0.15) is 23.7 Å². The highest BCUT2D eigenvalue weighted by atomic mass is 19.1. The highest BCUT2D eigenvalue weighted by Crippen LogP contribution is 2.41. The van der Waals surface area contributed by atoms with Crippen LogP contribution in [0.3, 0.4) is 0 Å². The molecule has 4 rings (SSSR count). The lowest BCUT2D eigenvalue weighted by atomic mass is 10.1. The fraction of sp³-hybridized carbons (Fsp3) is 0.278. The number of pyridine rings is 1. The Bertz CT molecular complexity index is 919. The normalized spacial score (nSPS) is 19.8. The predicted molar refractivity (Wildman–Crippen MR) is 93.9 cm³/mol. The van der Waals surface area contributed by atoms with Crippen LogP contribution in [0.4, 0.5) is 4.39 Å². The fourth-order valence-corrected chi connectivity index (χ4v) is 3.02. The molecule has 2 atom stereocenters. The smallest absolute Gasteiger partial charge is 0.191 e. The summed E-state index contributed by atoms with van der Waals surface area (Å²) in [6, 6.07) is 12.9. The van der Waals surface area contributed by atoms with Crippen molar-refractivity contribution >= 4 is 11.6 Å². The minimum Gasteiger partial charge on any atom is -0.353 e. The maximum Gasteiger partial charge on any atom is 0.191 e. The highest BCUT2D eigenvalue weighted by Gasteiger charge is 2.40. The van der Waals surface area contributed by atoms with Crippen LogP contribution in [0, 0.1) is 5.82 Å². The van der Waals surface area contributed by atoms with Gasteiger partial charge in [-0.3, -0.25) is 9.39 Å². The first-order valence-electron chi connectivity index (χ1n) is 8.26. The van der Waals surface area contributed by atoms with E-state index in [1.165, 1.54) is 6.07 Å². The molecule has 0 aliphatic heterocycles. The monoisotopic (exact) mass is 338 g/mol. The molecule has 0 radical (unpaired) electrons. The fourth-order valence-electron chi connectivity index (χ4n) is 3.02. The molecule has 1 fully saturated rings. The van der Waals surface area contributed by atoms with Crippen LogP contribution in [-0.2, 0) is 6.54 Å². The van der Waals surface area contributed by atoms with Gasteiger partial charge >= 0.3 is 0 Å². The summed E-state index contributed by atoms with van der Waals surface area (Å²) in [7, 11) is 1.72. The van der Waals surface area contributed by atoms with Gasteiger partial charge in [0.05, 0.1) is 6.54 Å². The van der Waals surface area contributed by atoms with Gasteiger partial charge in [-0.05, 0) is 30.2 Å². The molecule has 1 aromatic carbocycles. The highest BCUT2D eigenvalue weighted by molar-refractivity contribution is 5.80. The zero-order chi connectivity index (χ0) is 17.2. The summed E-state index contributed by atoms with van der Waals surface area (Å²) in [6.45, 7) is 0.502. The first-order valence-corrected chi connectivity index (χ1v) is 8.26. The van der Waals surface area contributed by atoms with Crippen molar-refractivity contribution in [3.8, 4) is 0 Å². The molecule has 0 spiro atoms. The van der Waals surface area contributed by atoms with Gasteiger partial charge in [0.25, 0.3) is 0 Å². The van der Waals surface area contributed by atoms with Crippen LogP contribution in [0.25, 0.3) is 5.65 Å². The predicted octanol–water partition coefficient (Wildman–Crippen LogP) is 2.09. The lowest BCUT2D eigenvalue weighted by Crippen LogP contribution is -2.39. The summed E-state index contributed by atoms with van der Waals surface area (Å²) >= 11 is 0. The van der Waals surface area contributed by atoms with Crippen molar-refractivity contribution in [1.82, 2.24) is 25.2 Å². The topological polar surface area (TPSA) is 66.6 Å². The Labute approximate surface area is 144 Å². The quantitative estimate of drug-likeness (QED) is 0.565. The van der Waals surface area contributed by atoms with Crippen molar-refractivity contribution in [2.45, 2.75) is 24.9 Å². The van der Waals surface area contributed by atoms with E-state index >= 15 is 0 Å². The Morgan fingerprint density at radius 3 is 2.92 bits per heavy atom. The van der Waals surface area contributed by atoms with Gasteiger partial charge in [-0.25, -0.2) is 4.39 Å². The van der Waals surface area contributed by atoms with E-state index in [1.54, 1.807) is 13.1 Å². The first-order chi connectivity index (χ1) is 12.3. The second kappa shape index (κ2) is 6.51. The van der Waals surface area contributed by atoms with Crippen molar-refractivity contribution in [2.75, 3.05) is 7.05 Å². The van der Waals surface area contributed by atoms with Crippen molar-refractivity contribution in [2.24, 2.45) is 4.99 Å². The number of rotatable bonds is 4. The van der Waals surface area contributed by atoms with Crippen LogP contribution in [0.5, 0.6) is 0 Å². The molecule has 0 amide bonds. The molecule has 2 N–H and O–H groups in total. The van der Waals surface area contributed by atoms with Crippen molar-refractivity contribution < 1.29 is 4.39 Å². The molecule has 3 aromatic rings. The molecular weight excluding hydrogens is 319 g/mol. The van der Waals surface area contributed by atoms with Crippen molar-refractivity contribution in [3.63, 3.8) is 0 Å². The van der Waals surface area contributed by atoms with Gasteiger partial charge in [0.1, 0.15) is 5.82 Å². The molecule has 1 aliphatic carbocycles. The van der Waals surface area contributed by atoms with Crippen molar-refractivity contribution in [1.29, 1.82) is 0 Å². The van der Waals surface area contributed by atoms with Gasteiger partial charge < -0.3 is 10.6 Å². The number of nitrogens with one attached hydrogen (secondary N) is 2. The van der Waals surface area contributed by atoms with Gasteiger partial charge in [-0.15, -0.1) is 10.2 Å². The molecule has 1 saturated carbocycles. The number of halogens is 1. The summed E-state index contributed by atoms with van der Waals surface area (Å²) in [5.41, 5.74) is 1.57. The molecule has 6 nitrogen and oxygen atoms in total. The van der Waals surface area contributed by atoms with E-state index in [1.807, 2.05) is 40.9 Å². The molecule has 2 aromatic heterocycles. The Morgan fingerprint density at radius 1 is 1.24 bits per heavy atom. The summed E-state index contributed by atoms with van der Waals surface area (Å²) in [5.74, 6) is 1.53. The average molecular weight is 338 g/mol. The van der Waals surface area contributed by atoms with Crippen molar-refractivity contribution in [3.05, 3.63) is 65.9 Å². The summed E-state index contributed by atoms with van der Waals surface area (Å²) < 4.78 is 15.8. The van der Waals surface area contributed by atoms with Gasteiger partial charge in [-0.2, -0.15) is 0 Å². The average Bonchev–Trinajstić information content (AvgIpc) is 3.28. The number of hydrogen-bond donors (Lipinski definition) is 2. The number of fused-ring (bicyclic) bond motifs is 1. The number of aliphatic imine (C=N–C) groups is 1. The van der Waals surface area contributed by atoms with E-state index in [-0.39, 0.29) is 17.8 Å². The maximum absolute atomic E-state index is 13.9. The summed E-state index contributed by atoms with van der Waals surface area (Å²) in [5, 5.41) is 14.9. The molecule has 25 heavy (non-hydrogen) atoms. The van der Waals surface area contributed by atoms with Gasteiger partial charge in [0.15, 0.2) is 17.4 Å². The number of benzene rings is 1. The molecule has 128 valence electrons. The summed E-state index contributed by atoms with van der Waals surface area (Å²) in [6.07, 6.45) is 2.83. The minimum atomic E-state index is -0.144. The van der Waals surface area contributed by atoms with Crippen LogP contribution in [-0.4, -0.2) is 33.6 Å². The van der Waals surface area contributed by atoms with E-state index in [0.29, 0.717) is 12.5 Å². The van der Waals surface area contributed by atoms with Gasteiger partial charge in [0, 0.05) is 25.2 Å². The van der Waals surface area contributed by atoms with E-state index in [0.717, 1.165) is 23.5 Å². The standard InChI is InChI=1S/C18H19FN6/c1-20-18(21-11-17-24-23-16-8-4-5-9-25(16)17)22-15-10-13(15)12-6-2-3-7-14(12)19/h2-9,13,15H,10-11H2,1H3,(H2,20,21,22). The lowest BCUT2D eigenvalue weighted by Gasteiger charge is -2.11. The summed E-state index contributed by atoms with van der Waals surface area (Å²) in [4.78, 5) is 4.24. The molecule has 0 bridgehead atoms. The third kappa shape index (κ3) is 3.17. The van der Waals surface area contributed by atoms with E-state index in [9.17, 15) is 4.39 Å². The molecular formula is C18H19FN6. The molecule has 1 aliphatic rings. The number of hydrogen-bond acceptors (Lipinski definition) is 3. The van der Waals surface area contributed by atoms with Gasteiger partial charge in [-0.1, -0.05) is 24.3 Å². The largest absolute Gasteiger partial charge is 0.353 e. The van der Waals surface area contributed by atoms with Crippen LogP contribution in [0.15, 0.2) is 53.7 Å². The van der Waals surface area contributed by atoms with Crippen LogP contribution in [0.2, 0.25) is 0 Å². The zero-order valence-corrected chi connectivity index (χ0v) is 13.9. The van der Waals surface area contributed by atoms with Gasteiger partial charge in [0.2, 0.25) is 0 Å². The minimum absolute atomic E-state index is 0.144. The molecule has 2 unspecified atom stereocenters. The van der Waals surface area contributed by atoms with E-state index in [4.69, 9.17) is 0 Å². The zero-order valence-electron chi connectivity index (χ0n) is 13.9. The molecule has 0 saturated heterocycles. The molecule has 7 heteroatoms. The van der Waals surface area contributed by atoms with Crippen LogP contribution < -0.4 is 10.6 Å². The third-order valence-electron chi connectivity index (χ3n) is 4.44. The first kappa shape index (κ1) is 15.6. The number of guanidine groups is 1. The maximum atomic E-state index is 13.9. The third-order valence-corrected chi connectivity index (χ3v) is 4.44. The second-order valence-corrected chi connectivity index (χ2v) is 6.09. The van der Waals surface area contributed by atoms with E-state index in [2.05, 4.69) is 25.8 Å².